The van der Waals surface area contributed by atoms with Gasteiger partial charge in [0.15, 0.2) is 0 Å². The van der Waals surface area contributed by atoms with Gasteiger partial charge in [0.05, 0.1) is 16.7 Å². The van der Waals surface area contributed by atoms with Crippen molar-refractivity contribution < 1.29 is 4.42 Å². The number of para-hydroxylation sites is 4. The molecule has 0 aliphatic rings. The van der Waals surface area contributed by atoms with E-state index in [0.717, 1.165) is 50.3 Å². The number of hydrogen-bond donors (Lipinski definition) is 0. The van der Waals surface area contributed by atoms with E-state index < -0.39 is 0 Å². The maximum Gasteiger partial charge on any atom is 0.137 e. The second-order valence-electron chi connectivity index (χ2n) is 14.9. The summed E-state index contributed by atoms with van der Waals surface area (Å²) in [6, 6.07) is 74.5. The SMILES string of the molecule is c1ccc(-n2c3ccccc3c3ccccc32)c(-c2ccc(N(c3ccc4c(c3)oc3ccccc34)c3ccc4c5ccccc5c5ccccc5c4c3)cc2)c1. The average Bonchev–Trinajstić information content (AvgIpc) is 3.82. The van der Waals surface area contributed by atoms with Gasteiger partial charge in [-0.05, 0) is 98.5 Å². The molecular formula is C54H34N2O. The normalized spacial score (nSPS) is 11.9. The molecule has 0 atom stereocenters. The average molecular weight is 727 g/mol. The lowest BCUT2D eigenvalue weighted by molar-refractivity contribution is 0.669. The van der Waals surface area contributed by atoms with Crippen molar-refractivity contribution in [2.75, 3.05) is 4.90 Å². The lowest BCUT2D eigenvalue weighted by atomic mass is 9.94. The molecule has 0 radical (unpaired) electrons. The summed E-state index contributed by atoms with van der Waals surface area (Å²) in [6.45, 7) is 0. The van der Waals surface area contributed by atoms with Gasteiger partial charge in [-0.1, -0.05) is 140 Å². The third kappa shape index (κ3) is 4.86. The van der Waals surface area contributed by atoms with Crippen LogP contribution in [0.4, 0.5) is 17.1 Å². The number of rotatable bonds is 5. The Labute approximate surface area is 328 Å². The monoisotopic (exact) mass is 726 g/mol. The van der Waals surface area contributed by atoms with Crippen LogP contribution in [0.2, 0.25) is 0 Å². The molecule has 0 aliphatic carbocycles. The van der Waals surface area contributed by atoms with E-state index in [4.69, 9.17) is 4.42 Å². The van der Waals surface area contributed by atoms with Crippen LogP contribution in [0.1, 0.15) is 0 Å². The van der Waals surface area contributed by atoms with Gasteiger partial charge in [-0.2, -0.15) is 0 Å². The Morgan fingerprint density at radius 3 is 1.44 bits per heavy atom. The second kappa shape index (κ2) is 12.5. The quantitative estimate of drug-likeness (QED) is 0.165. The molecule has 12 aromatic rings. The Kier molecular flexibility index (Phi) is 6.93. The summed E-state index contributed by atoms with van der Waals surface area (Å²) in [6.07, 6.45) is 0. The molecule has 10 aromatic carbocycles. The Hall–Kier alpha value is -7.62. The predicted molar refractivity (Wildman–Crippen MR) is 241 cm³/mol. The molecule has 0 spiro atoms. The molecule has 0 saturated carbocycles. The maximum absolute atomic E-state index is 6.45. The van der Waals surface area contributed by atoms with Gasteiger partial charge in [-0.3, -0.25) is 0 Å². The smallest absolute Gasteiger partial charge is 0.137 e. The number of anilines is 3. The van der Waals surface area contributed by atoms with Crippen molar-refractivity contribution in [2.24, 2.45) is 0 Å². The lowest BCUT2D eigenvalue weighted by Crippen LogP contribution is -2.10. The molecule has 0 fully saturated rings. The minimum atomic E-state index is 0.868. The van der Waals surface area contributed by atoms with Crippen molar-refractivity contribution in [1.82, 2.24) is 4.57 Å². The number of nitrogens with zero attached hydrogens (tertiary/aromatic N) is 2. The molecular weight excluding hydrogens is 693 g/mol. The Bertz CT molecular complexity index is 3450. The number of fused-ring (bicyclic) bond motifs is 12. The van der Waals surface area contributed by atoms with Crippen LogP contribution in [0.3, 0.4) is 0 Å². The number of furan rings is 1. The van der Waals surface area contributed by atoms with E-state index in [-0.39, 0.29) is 0 Å². The summed E-state index contributed by atoms with van der Waals surface area (Å²) in [5, 5.41) is 12.3. The molecule has 0 unspecified atom stereocenters. The van der Waals surface area contributed by atoms with Gasteiger partial charge in [-0.15, -0.1) is 0 Å². The van der Waals surface area contributed by atoms with E-state index in [0.29, 0.717) is 0 Å². The minimum Gasteiger partial charge on any atom is -0.456 e. The van der Waals surface area contributed by atoms with E-state index in [1.165, 1.54) is 59.7 Å². The highest BCUT2D eigenvalue weighted by Crippen LogP contribution is 2.43. The summed E-state index contributed by atoms with van der Waals surface area (Å²) in [7, 11) is 0. The summed E-state index contributed by atoms with van der Waals surface area (Å²) >= 11 is 0. The van der Waals surface area contributed by atoms with E-state index in [1.807, 2.05) is 12.1 Å². The molecule has 2 aromatic heterocycles. The second-order valence-corrected chi connectivity index (χ2v) is 14.9. The van der Waals surface area contributed by atoms with Gasteiger partial charge in [0.25, 0.3) is 0 Å². The highest BCUT2D eigenvalue weighted by molar-refractivity contribution is 6.26. The molecule has 3 heteroatoms. The van der Waals surface area contributed by atoms with Crippen molar-refractivity contribution in [1.29, 1.82) is 0 Å². The van der Waals surface area contributed by atoms with Gasteiger partial charge < -0.3 is 13.9 Å². The van der Waals surface area contributed by atoms with Crippen LogP contribution in [0.25, 0.3) is 92.9 Å². The predicted octanol–water partition coefficient (Wildman–Crippen LogP) is 15.3. The highest BCUT2D eigenvalue weighted by atomic mass is 16.3. The van der Waals surface area contributed by atoms with Crippen LogP contribution < -0.4 is 4.90 Å². The van der Waals surface area contributed by atoms with Crippen molar-refractivity contribution in [2.45, 2.75) is 0 Å². The largest absolute Gasteiger partial charge is 0.456 e. The van der Waals surface area contributed by atoms with Crippen molar-refractivity contribution in [3.8, 4) is 16.8 Å². The van der Waals surface area contributed by atoms with Gasteiger partial charge >= 0.3 is 0 Å². The molecule has 0 bridgehead atoms. The van der Waals surface area contributed by atoms with Crippen LogP contribution in [-0.4, -0.2) is 4.57 Å². The molecule has 12 rings (SSSR count). The van der Waals surface area contributed by atoms with Crippen molar-refractivity contribution in [3.05, 3.63) is 206 Å². The van der Waals surface area contributed by atoms with Gasteiger partial charge in [-0.25, -0.2) is 0 Å². The van der Waals surface area contributed by atoms with Gasteiger partial charge in [0, 0.05) is 50.2 Å². The Balaban J connectivity index is 1.05. The van der Waals surface area contributed by atoms with E-state index in [1.54, 1.807) is 0 Å². The van der Waals surface area contributed by atoms with Crippen LogP contribution in [0, 0.1) is 0 Å². The first-order chi connectivity index (χ1) is 28.3. The molecule has 0 aliphatic heterocycles. The fourth-order valence-electron chi connectivity index (χ4n) is 9.22. The van der Waals surface area contributed by atoms with Crippen LogP contribution in [0.5, 0.6) is 0 Å². The molecule has 3 nitrogen and oxygen atoms in total. The molecule has 0 amide bonds. The van der Waals surface area contributed by atoms with Crippen LogP contribution in [0.15, 0.2) is 211 Å². The number of aromatic nitrogens is 1. The zero-order valence-electron chi connectivity index (χ0n) is 30.9. The first kappa shape index (κ1) is 31.7. The van der Waals surface area contributed by atoms with Gasteiger partial charge in [0.1, 0.15) is 11.2 Å². The fraction of sp³-hybridized carbons (Fsp3) is 0. The zero-order valence-corrected chi connectivity index (χ0v) is 30.9. The fourth-order valence-corrected chi connectivity index (χ4v) is 9.22. The van der Waals surface area contributed by atoms with E-state index in [9.17, 15) is 0 Å². The lowest BCUT2D eigenvalue weighted by Gasteiger charge is -2.26. The van der Waals surface area contributed by atoms with E-state index in [2.05, 4.69) is 204 Å². The summed E-state index contributed by atoms with van der Waals surface area (Å²) in [5.74, 6) is 0. The third-order valence-corrected chi connectivity index (χ3v) is 11.8. The third-order valence-electron chi connectivity index (χ3n) is 11.8. The molecule has 0 saturated heterocycles. The first-order valence-electron chi connectivity index (χ1n) is 19.5. The Morgan fingerprint density at radius 2 is 0.772 bits per heavy atom. The van der Waals surface area contributed by atoms with Crippen LogP contribution in [-0.2, 0) is 0 Å². The summed E-state index contributed by atoms with van der Waals surface area (Å²) < 4.78 is 8.86. The molecule has 57 heavy (non-hydrogen) atoms. The first-order valence-corrected chi connectivity index (χ1v) is 19.5. The standard InChI is InChI=1S/C54H34N2O/c1-2-16-42-40(14-1)41-15-3-4-17-43(41)49-33-37(29-31-44(42)49)55(38-30-32-48-47-20-8-12-24-53(47)57-54(48)34-38)36-27-25-35(26-28-36)39-13-5-9-21-50(39)56-51-22-10-6-18-45(51)46-19-7-11-23-52(46)56/h1-34H. The minimum absolute atomic E-state index is 0.868. The van der Waals surface area contributed by atoms with Crippen LogP contribution >= 0.6 is 0 Å². The summed E-state index contributed by atoms with van der Waals surface area (Å²) in [4.78, 5) is 2.36. The topological polar surface area (TPSA) is 21.3 Å². The number of benzene rings is 10. The zero-order chi connectivity index (χ0) is 37.5. The van der Waals surface area contributed by atoms with Crippen molar-refractivity contribution in [3.63, 3.8) is 0 Å². The van der Waals surface area contributed by atoms with Gasteiger partial charge in [0.2, 0.25) is 0 Å². The Morgan fingerprint density at radius 1 is 0.316 bits per heavy atom. The highest BCUT2D eigenvalue weighted by Gasteiger charge is 2.19. The molecule has 0 N–H and O–H groups in total. The summed E-state index contributed by atoms with van der Waals surface area (Å²) in [5.41, 5.74) is 10.8. The van der Waals surface area contributed by atoms with Crippen molar-refractivity contribution >= 4 is 93.1 Å². The van der Waals surface area contributed by atoms with E-state index >= 15 is 0 Å². The molecule has 266 valence electrons. The number of hydrogen-bond acceptors (Lipinski definition) is 2. The molecule has 2 heterocycles. The maximum atomic E-state index is 6.45.